The monoisotopic (exact) mass is 533 g/mol. The topological polar surface area (TPSA) is 68.6 Å². The third kappa shape index (κ3) is 6.53. The quantitative estimate of drug-likeness (QED) is 0.362. The zero-order valence-corrected chi connectivity index (χ0v) is 21.9. The summed E-state index contributed by atoms with van der Waals surface area (Å²) in [5, 5.41) is 0.647. The molecule has 1 fully saturated rings. The number of aliphatic imine (C=N–C) groups is 2. The number of anilines is 1. The molecule has 1 amide bonds. The number of nitrogens with zero attached hydrogens (tertiary/aromatic N) is 5. The van der Waals surface area contributed by atoms with E-state index in [-0.39, 0.29) is 5.91 Å². The maximum Gasteiger partial charge on any atom is 0.253 e. The fourth-order valence-corrected chi connectivity index (χ4v) is 5.41. The smallest absolute Gasteiger partial charge is 0.253 e. The molecule has 0 N–H and O–H groups in total. The molecule has 1 heterocycles. The summed E-state index contributed by atoms with van der Waals surface area (Å²) >= 11 is 6.05. The van der Waals surface area contributed by atoms with Crippen molar-refractivity contribution in [2.24, 2.45) is 9.98 Å². The van der Waals surface area contributed by atoms with Gasteiger partial charge in [-0.1, -0.05) is 41.9 Å². The molecule has 1 saturated heterocycles. The number of benzene rings is 3. The summed E-state index contributed by atoms with van der Waals surface area (Å²) in [7, 11) is -1.44. The molecular formula is C28H28ClN5O2S. The van der Waals surface area contributed by atoms with Gasteiger partial charge in [-0.05, 0) is 67.5 Å². The van der Waals surface area contributed by atoms with Crippen LogP contribution in [0.1, 0.15) is 15.9 Å². The molecule has 0 aliphatic carbocycles. The summed E-state index contributed by atoms with van der Waals surface area (Å²) in [6.45, 7) is 9.86. The number of carbonyl (C=O) groups excluding carboxylic acids is 1. The van der Waals surface area contributed by atoms with Crippen molar-refractivity contribution in [3.8, 4) is 0 Å². The van der Waals surface area contributed by atoms with Crippen LogP contribution in [0.5, 0.6) is 0 Å². The van der Waals surface area contributed by atoms with Gasteiger partial charge in [-0.25, -0.2) is 9.20 Å². The van der Waals surface area contributed by atoms with E-state index >= 15 is 0 Å². The molecule has 7 nitrogen and oxygen atoms in total. The van der Waals surface area contributed by atoms with Crippen molar-refractivity contribution in [1.82, 2.24) is 9.80 Å². The van der Waals surface area contributed by atoms with E-state index in [1.54, 1.807) is 18.3 Å². The molecular weight excluding hydrogens is 506 g/mol. The Labute approximate surface area is 225 Å². The molecule has 9 heteroatoms. The first-order valence-corrected chi connectivity index (χ1v) is 13.2. The second-order valence-corrected chi connectivity index (χ2v) is 10.2. The minimum Gasteiger partial charge on any atom is -0.352 e. The summed E-state index contributed by atoms with van der Waals surface area (Å²) in [6.07, 6.45) is 1.57. The number of halogens is 1. The van der Waals surface area contributed by atoms with Gasteiger partial charge in [-0.2, -0.15) is 0 Å². The summed E-state index contributed by atoms with van der Waals surface area (Å²) in [5.41, 5.74) is 2.31. The lowest BCUT2D eigenvalue weighted by atomic mass is 10.1. The zero-order chi connectivity index (χ0) is 26.2. The van der Waals surface area contributed by atoms with Crippen molar-refractivity contribution in [2.75, 3.05) is 30.5 Å². The van der Waals surface area contributed by atoms with Gasteiger partial charge in [0.2, 0.25) is 0 Å². The van der Waals surface area contributed by atoms with Gasteiger partial charge >= 0.3 is 0 Å². The van der Waals surface area contributed by atoms with E-state index in [0.717, 1.165) is 11.3 Å². The average Bonchev–Trinajstić information content (AvgIpc) is 2.95. The van der Waals surface area contributed by atoms with Crippen LogP contribution in [-0.2, 0) is 17.5 Å². The van der Waals surface area contributed by atoms with Gasteiger partial charge in [-0.3, -0.25) is 14.1 Å². The minimum absolute atomic E-state index is 0.0430. The second kappa shape index (κ2) is 12.5. The van der Waals surface area contributed by atoms with Crippen LogP contribution in [0.15, 0.2) is 106 Å². The van der Waals surface area contributed by atoms with Gasteiger partial charge in [0.15, 0.2) is 11.0 Å². The first-order chi connectivity index (χ1) is 18.0. The lowest BCUT2D eigenvalue weighted by Crippen LogP contribution is -2.48. The SMILES string of the molecule is C=N/C=C(\N=C)N1CCN(C(=O)c2ccc(N(Cc3ccc(Cl)cc3)S(=O)c3ccccc3)cc2)CC1. The van der Waals surface area contributed by atoms with Crippen LogP contribution < -0.4 is 4.31 Å². The highest BCUT2D eigenvalue weighted by Crippen LogP contribution is 2.25. The molecule has 0 bridgehead atoms. The highest BCUT2D eigenvalue weighted by molar-refractivity contribution is 7.86. The Balaban J connectivity index is 1.50. The van der Waals surface area contributed by atoms with Crippen LogP contribution in [0.2, 0.25) is 5.02 Å². The van der Waals surface area contributed by atoms with Crippen molar-refractivity contribution in [1.29, 1.82) is 0 Å². The maximum absolute atomic E-state index is 13.5. The molecule has 0 saturated carbocycles. The Bertz CT molecular complexity index is 1290. The van der Waals surface area contributed by atoms with E-state index in [4.69, 9.17) is 11.6 Å². The number of hydrogen-bond acceptors (Lipinski definition) is 5. The molecule has 190 valence electrons. The van der Waals surface area contributed by atoms with E-state index in [1.165, 1.54) is 0 Å². The van der Waals surface area contributed by atoms with Gasteiger partial charge in [0, 0.05) is 36.8 Å². The molecule has 1 unspecified atom stereocenters. The second-order valence-electron chi connectivity index (χ2n) is 8.38. The van der Waals surface area contributed by atoms with E-state index < -0.39 is 11.0 Å². The van der Waals surface area contributed by atoms with Crippen LogP contribution in [0.25, 0.3) is 0 Å². The van der Waals surface area contributed by atoms with E-state index in [2.05, 4.69) is 23.4 Å². The predicted octanol–water partition coefficient (Wildman–Crippen LogP) is 5.03. The van der Waals surface area contributed by atoms with Crippen molar-refractivity contribution in [3.05, 3.63) is 107 Å². The number of carbonyl (C=O) groups is 1. The number of hydrogen-bond donors (Lipinski definition) is 0. The van der Waals surface area contributed by atoms with Gasteiger partial charge in [0.1, 0.15) is 5.82 Å². The Morgan fingerprint density at radius 3 is 2.14 bits per heavy atom. The van der Waals surface area contributed by atoms with Crippen LogP contribution >= 0.6 is 11.6 Å². The first-order valence-electron chi connectivity index (χ1n) is 11.8. The molecule has 0 spiro atoms. The Kier molecular flexibility index (Phi) is 8.87. The number of amides is 1. The van der Waals surface area contributed by atoms with E-state index in [1.807, 2.05) is 80.8 Å². The molecule has 3 aromatic carbocycles. The fourth-order valence-electron chi connectivity index (χ4n) is 4.06. The molecule has 3 aromatic rings. The van der Waals surface area contributed by atoms with Gasteiger partial charge in [-0.15, -0.1) is 0 Å². The van der Waals surface area contributed by atoms with Crippen molar-refractivity contribution in [3.63, 3.8) is 0 Å². The minimum atomic E-state index is -1.44. The summed E-state index contributed by atoms with van der Waals surface area (Å²) in [5.74, 6) is 0.609. The number of rotatable bonds is 9. The Morgan fingerprint density at radius 1 is 0.919 bits per heavy atom. The molecule has 37 heavy (non-hydrogen) atoms. The van der Waals surface area contributed by atoms with Crippen molar-refractivity contribution in [2.45, 2.75) is 11.4 Å². The lowest BCUT2D eigenvalue weighted by molar-refractivity contribution is 0.0668. The van der Waals surface area contributed by atoms with Crippen LogP contribution in [0, 0.1) is 0 Å². The van der Waals surface area contributed by atoms with Crippen molar-refractivity contribution >= 4 is 47.6 Å². The first kappa shape index (κ1) is 26.3. The van der Waals surface area contributed by atoms with Crippen molar-refractivity contribution < 1.29 is 9.00 Å². The molecule has 1 aliphatic rings. The summed E-state index contributed by atoms with van der Waals surface area (Å²) < 4.78 is 15.4. The highest BCUT2D eigenvalue weighted by Gasteiger charge is 2.24. The lowest BCUT2D eigenvalue weighted by Gasteiger charge is -2.35. The molecule has 1 aliphatic heterocycles. The standard InChI is InChI=1S/C28H28ClN5O2S/c1-30-20-27(31-2)32-16-18-33(19-17-32)28(35)23-10-14-25(15-11-23)34(21-22-8-12-24(29)13-9-22)37(36)26-6-4-3-5-7-26/h3-15,20H,1-2,16-19,21H2/b27-20+. The van der Waals surface area contributed by atoms with Crippen LogP contribution in [-0.4, -0.2) is 59.5 Å². The highest BCUT2D eigenvalue weighted by atomic mass is 35.5. The summed E-state index contributed by atoms with van der Waals surface area (Å²) in [6, 6.07) is 24.1. The molecule has 4 rings (SSSR count). The zero-order valence-electron chi connectivity index (χ0n) is 20.4. The van der Waals surface area contributed by atoms with Gasteiger partial charge in [0.25, 0.3) is 5.91 Å². The Morgan fingerprint density at radius 2 is 1.54 bits per heavy atom. The predicted molar refractivity (Wildman–Crippen MR) is 152 cm³/mol. The van der Waals surface area contributed by atoms with E-state index in [0.29, 0.717) is 54.0 Å². The third-order valence-electron chi connectivity index (χ3n) is 6.05. The summed E-state index contributed by atoms with van der Waals surface area (Å²) in [4.78, 5) is 25.5. The molecule has 0 radical (unpaired) electrons. The molecule has 1 atom stereocenters. The van der Waals surface area contributed by atoms with Gasteiger partial charge in [0.05, 0.1) is 23.3 Å². The van der Waals surface area contributed by atoms with Gasteiger partial charge < -0.3 is 9.80 Å². The largest absolute Gasteiger partial charge is 0.352 e. The van der Waals surface area contributed by atoms with Crippen LogP contribution in [0.3, 0.4) is 0 Å². The normalized spacial score (nSPS) is 14.7. The maximum atomic E-state index is 13.5. The average molecular weight is 534 g/mol. The Hall–Kier alpha value is -3.75. The molecule has 0 aromatic heterocycles. The van der Waals surface area contributed by atoms with Crippen LogP contribution in [0.4, 0.5) is 5.69 Å². The van der Waals surface area contributed by atoms with E-state index in [9.17, 15) is 9.00 Å². The number of piperazine rings is 1. The fraction of sp³-hybridized carbons (Fsp3) is 0.179. The third-order valence-corrected chi connectivity index (χ3v) is 7.71.